The van der Waals surface area contributed by atoms with Crippen molar-refractivity contribution >= 4 is 11.7 Å². The molecule has 1 amide bonds. The van der Waals surface area contributed by atoms with Gasteiger partial charge in [0.25, 0.3) is 0 Å². The highest BCUT2D eigenvalue weighted by molar-refractivity contribution is 5.95. The van der Waals surface area contributed by atoms with E-state index in [9.17, 15) is 4.79 Å². The Morgan fingerprint density at radius 1 is 1.13 bits per heavy atom. The van der Waals surface area contributed by atoms with E-state index in [-0.39, 0.29) is 5.91 Å². The third kappa shape index (κ3) is 4.96. The fraction of sp³-hybridized carbons (Fsp3) is 0.522. The molecule has 0 N–H and O–H groups in total. The molecule has 0 unspecified atom stereocenters. The summed E-state index contributed by atoms with van der Waals surface area (Å²) in [5.74, 6) is 2.54. The molecule has 0 aliphatic carbocycles. The Morgan fingerprint density at radius 3 is 2.67 bits per heavy atom. The van der Waals surface area contributed by atoms with Gasteiger partial charge in [-0.15, -0.1) is 0 Å². The van der Waals surface area contributed by atoms with Gasteiger partial charge >= 0.3 is 0 Å². The van der Waals surface area contributed by atoms with Gasteiger partial charge in [-0.05, 0) is 39.3 Å². The van der Waals surface area contributed by atoms with Gasteiger partial charge in [0.05, 0.1) is 13.7 Å². The molecule has 1 aliphatic heterocycles. The van der Waals surface area contributed by atoms with Crippen molar-refractivity contribution in [1.82, 2.24) is 14.9 Å². The quantitative estimate of drug-likeness (QED) is 0.590. The first-order valence-corrected chi connectivity index (χ1v) is 10.4. The molecular formula is C23H32N4O3. The number of aryl methyl sites for hydroxylation is 2. The molecule has 162 valence electrons. The topological polar surface area (TPSA) is 67.8 Å². The van der Waals surface area contributed by atoms with Crippen LogP contribution in [-0.4, -0.2) is 55.2 Å². The molecule has 1 aliphatic rings. The van der Waals surface area contributed by atoms with Crippen molar-refractivity contribution in [1.29, 1.82) is 0 Å². The van der Waals surface area contributed by atoms with E-state index in [0.717, 1.165) is 52.7 Å². The molecule has 7 heteroatoms. The van der Waals surface area contributed by atoms with Gasteiger partial charge < -0.3 is 9.47 Å². The van der Waals surface area contributed by atoms with Gasteiger partial charge in [-0.3, -0.25) is 14.6 Å². The van der Waals surface area contributed by atoms with Gasteiger partial charge in [-0.25, -0.2) is 9.97 Å². The molecule has 0 fully saturated rings. The van der Waals surface area contributed by atoms with Crippen LogP contribution in [0.5, 0.6) is 5.75 Å². The summed E-state index contributed by atoms with van der Waals surface area (Å²) < 4.78 is 10.7. The Kier molecular flexibility index (Phi) is 7.39. The van der Waals surface area contributed by atoms with Gasteiger partial charge in [0.2, 0.25) is 5.91 Å². The summed E-state index contributed by atoms with van der Waals surface area (Å²) in [6.07, 6.45) is 2.00. The Balaban J connectivity index is 1.79. The van der Waals surface area contributed by atoms with Crippen LogP contribution in [0.4, 0.5) is 5.82 Å². The lowest BCUT2D eigenvalue weighted by atomic mass is 10.0. The summed E-state index contributed by atoms with van der Waals surface area (Å²) in [4.78, 5) is 26.1. The van der Waals surface area contributed by atoms with Crippen molar-refractivity contribution in [2.24, 2.45) is 0 Å². The molecule has 30 heavy (non-hydrogen) atoms. The molecule has 0 saturated carbocycles. The number of anilines is 1. The number of benzene rings is 1. The van der Waals surface area contributed by atoms with Crippen molar-refractivity contribution in [2.45, 2.75) is 46.2 Å². The van der Waals surface area contributed by atoms with Gasteiger partial charge in [-0.1, -0.05) is 18.2 Å². The summed E-state index contributed by atoms with van der Waals surface area (Å²) in [6, 6.07) is 6.18. The highest BCUT2D eigenvalue weighted by atomic mass is 16.5. The highest BCUT2D eigenvalue weighted by Gasteiger charge is 2.27. The standard InChI is InChI=1S/C23H32N4O3/c1-16-8-6-9-18(22(16)30-5)14-26(3)15-20-24-17(2)19-10-11-21(28)27(23(19)25-20)12-7-13-29-4/h6,8-9H,7,10-15H2,1-5H3. The minimum absolute atomic E-state index is 0.125. The van der Waals surface area contributed by atoms with Gasteiger partial charge in [-0.2, -0.15) is 0 Å². The van der Waals surface area contributed by atoms with Crippen LogP contribution in [0.25, 0.3) is 0 Å². The first kappa shape index (κ1) is 22.2. The number of aromatic nitrogens is 2. The summed E-state index contributed by atoms with van der Waals surface area (Å²) in [6.45, 7) is 6.61. The number of hydrogen-bond donors (Lipinski definition) is 0. The fourth-order valence-corrected chi connectivity index (χ4v) is 4.02. The van der Waals surface area contributed by atoms with Gasteiger partial charge in [0, 0.05) is 50.0 Å². The zero-order chi connectivity index (χ0) is 21.7. The number of hydrogen-bond acceptors (Lipinski definition) is 6. The summed E-state index contributed by atoms with van der Waals surface area (Å²) in [5.41, 5.74) is 4.29. The molecule has 0 radical (unpaired) electrons. The fourth-order valence-electron chi connectivity index (χ4n) is 4.02. The zero-order valence-corrected chi connectivity index (χ0v) is 18.7. The number of amides is 1. The van der Waals surface area contributed by atoms with Crippen LogP contribution in [-0.2, 0) is 29.0 Å². The van der Waals surface area contributed by atoms with Crippen molar-refractivity contribution < 1.29 is 14.3 Å². The molecule has 2 aromatic rings. The lowest BCUT2D eigenvalue weighted by Crippen LogP contribution is -2.38. The molecule has 0 bridgehead atoms. The van der Waals surface area contributed by atoms with Crippen LogP contribution in [0, 0.1) is 13.8 Å². The van der Waals surface area contributed by atoms with E-state index in [0.29, 0.717) is 32.5 Å². The Morgan fingerprint density at radius 2 is 1.93 bits per heavy atom. The normalized spacial score (nSPS) is 13.7. The summed E-state index contributed by atoms with van der Waals surface area (Å²) in [5, 5.41) is 0. The summed E-state index contributed by atoms with van der Waals surface area (Å²) in [7, 11) is 5.42. The average Bonchev–Trinajstić information content (AvgIpc) is 2.70. The lowest BCUT2D eigenvalue weighted by Gasteiger charge is -2.29. The number of nitrogens with zero attached hydrogens (tertiary/aromatic N) is 4. The van der Waals surface area contributed by atoms with E-state index in [1.54, 1.807) is 19.1 Å². The van der Waals surface area contributed by atoms with Crippen LogP contribution < -0.4 is 9.64 Å². The number of carbonyl (C=O) groups is 1. The Hall–Kier alpha value is -2.51. The minimum atomic E-state index is 0.125. The molecule has 2 heterocycles. The van der Waals surface area contributed by atoms with Crippen molar-refractivity contribution in [3.8, 4) is 5.75 Å². The number of fused-ring (bicyclic) bond motifs is 1. The van der Waals surface area contributed by atoms with Crippen LogP contribution in [0.15, 0.2) is 18.2 Å². The van der Waals surface area contributed by atoms with Crippen molar-refractivity contribution in [3.63, 3.8) is 0 Å². The number of para-hydroxylation sites is 1. The molecule has 0 atom stereocenters. The molecule has 0 spiro atoms. The predicted molar refractivity (Wildman–Crippen MR) is 117 cm³/mol. The maximum atomic E-state index is 12.5. The molecular weight excluding hydrogens is 380 g/mol. The van der Waals surface area contributed by atoms with Crippen LogP contribution in [0.1, 0.15) is 41.1 Å². The number of carbonyl (C=O) groups excluding carboxylic acids is 1. The molecule has 7 nitrogen and oxygen atoms in total. The van der Waals surface area contributed by atoms with E-state index in [1.807, 2.05) is 33.0 Å². The largest absolute Gasteiger partial charge is 0.496 e. The second-order valence-corrected chi connectivity index (χ2v) is 7.86. The second-order valence-electron chi connectivity index (χ2n) is 7.86. The highest BCUT2D eigenvalue weighted by Crippen LogP contribution is 2.29. The van der Waals surface area contributed by atoms with Crippen LogP contribution >= 0.6 is 0 Å². The molecule has 0 saturated heterocycles. The molecule has 1 aromatic carbocycles. The van der Waals surface area contributed by atoms with E-state index in [4.69, 9.17) is 19.4 Å². The van der Waals surface area contributed by atoms with E-state index >= 15 is 0 Å². The maximum Gasteiger partial charge on any atom is 0.228 e. The number of rotatable bonds is 9. The SMILES string of the molecule is COCCCN1C(=O)CCc2c(C)nc(CN(C)Cc3cccc(C)c3OC)nc21. The van der Waals surface area contributed by atoms with Gasteiger partial charge in [0.15, 0.2) is 0 Å². The zero-order valence-electron chi connectivity index (χ0n) is 18.7. The number of methoxy groups -OCH3 is 2. The third-order valence-corrected chi connectivity index (χ3v) is 5.46. The predicted octanol–water partition coefficient (Wildman–Crippen LogP) is 3.05. The van der Waals surface area contributed by atoms with Crippen molar-refractivity contribution in [3.05, 3.63) is 46.4 Å². The second kappa shape index (κ2) is 10.00. The average molecular weight is 413 g/mol. The minimum Gasteiger partial charge on any atom is -0.496 e. The van der Waals surface area contributed by atoms with Gasteiger partial charge in [0.1, 0.15) is 17.4 Å². The monoisotopic (exact) mass is 412 g/mol. The van der Waals surface area contributed by atoms with E-state index in [1.165, 1.54) is 0 Å². The van der Waals surface area contributed by atoms with Crippen LogP contribution in [0.2, 0.25) is 0 Å². The lowest BCUT2D eigenvalue weighted by molar-refractivity contribution is -0.119. The molecule has 1 aromatic heterocycles. The Bertz CT molecular complexity index is 900. The summed E-state index contributed by atoms with van der Waals surface area (Å²) >= 11 is 0. The number of ether oxygens (including phenoxy) is 2. The van der Waals surface area contributed by atoms with Crippen LogP contribution in [0.3, 0.4) is 0 Å². The maximum absolute atomic E-state index is 12.5. The van der Waals surface area contributed by atoms with E-state index < -0.39 is 0 Å². The Labute approximate surface area is 179 Å². The third-order valence-electron chi connectivity index (χ3n) is 5.46. The smallest absolute Gasteiger partial charge is 0.228 e. The molecule has 3 rings (SSSR count). The first-order chi connectivity index (χ1) is 14.4. The first-order valence-electron chi connectivity index (χ1n) is 10.4. The van der Waals surface area contributed by atoms with Crippen molar-refractivity contribution in [2.75, 3.05) is 39.3 Å². The van der Waals surface area contributed by atoms with E-state index in [2.05, 4.69) is 11.0 Å².